The van der Waals surface area contributed by atoms with E-state index in [0.717, 1.165) is 28.8 Å². The van der Waals surface area contributed by atoms with E-state index in [1.165, 1.54) is 0 Å². The highest BCUT2D eigenvalue weighted by Crippen LogP contribution is 2.23. The van der Waals surface area contributed by atoms with E-state index < -0.39 is 41.2 Å². The van der Waals surface area contributed by atoms with Crippen LogP contribution in [0, 0.1) is 11.6 Å². The fourth-order valence-corrected chi connectivity index (χ4v) is 2.42. The highest BCUT2D eigenvalue weighted by Gasteiger charge is 2.20. The van der Waals surface area contributed by atoms with Gasteiger partial charge in [0.2, 0.25) is 0 Å². The lowest BCUT2D eigenvalue weighted by Gasteiger charge is -2.07. The topological polar surface area (TPSA) is 100 Å². The van der Waals surface area contributed by atoms with Gasteiger partial charge in [0.15, 0.2) is 18.2 Å². The van der Waals surface area contributed by atoms with Crippen LogP contribution in [0.3, 0.4) is 0 Å². The van der Waals surface area contributed by atoms with Crippen molar-refractivity contribution in [3.05, 3.63) is 75.6 Å². The molecule has 0 saturated carbocycles. The number of carbonyl (C=O) groups excluding carboxylic acids is 1. The van der Waals surface area contributed by atoms with E-state index in [4.69, 9.17) is 14.9 Å². The summed E-state index contributed by atoms with van der Waals surface area (Å²) < 4.78 is 38.8. The van der Waals surface area contributed by atoms with E-state index in [0.29, 0.717) is 5.69 Å². The number of aryl methyl sites for hydroxylation is 1. The normalized spacial score (nSPS) is 10.8. The first-order valence-corrected chi connectivity index (χ1v) is 7.99. The molecule has 0 aliphatic carbocycles. The largest absolute Gasteiger partial charge is 0.481 e. The van der Waals surface area contributed by atoms with Crippen LogP contribution >= 0.6 is 0 Å². The summed E-state index contributed by atoms with van der Waals surface area (Å²) in [5, 5.41) is 3.98. The number of nitrogens with two attached hydrogens (primary N) is 1. The third kappa shape index (κ3) is 3.71. The van der Waals surface area contributed by atoms with Gasteiger partial charge in [-0.2, -0.15) is 4.68 Å². The second-order valence-corrected chi connectivity index (χ2v) is 5.58. The zero-order chi connectivity index (χ0) is 19.6. The quantitative estimate of drug-likeness (QED) is 0.713. The Morgan fingerprint density at radius 3 is 2.56 bits per heavy atom. The molecule has 0 unspecified atom stereocenters. The van der Waals surface area contributed by atoms with E-state index in [2.05, 4.69) is 5.10 Å². The highest BCUT2D eigenvalue weighted by atomic mass is 19.1. The number of benzene rings is 2. The smallest absolute Gasteiger partial charge is 0.442 e. The molecule has 3 rings (SSSR count). The van der Waals surface area contributed by atoms with Gasteiger partial charge in [0.05, 0.1) is 5.69 Å². The fraction of sp³-hybridized carbons (Fsp3) is 0.167. The molecular formula is C18H15F2N3O4. The lowest BCUT2D eigenvalue weighted by atomic mass is 10.1. The van der Waals surface area contributed by atoms with Gasteiger partial charge < -0.3 is 14.9 Å². The molecule has 1 aromatic heterocycles. The van der Waals surface area contributed by atoms with Crippen LogP contribution in [0.15, 0.2) is 45.6 Å². The van der Waals surface area contributed by atoms with Gasteiger partial charge in [-0.15, -0.1) is 5.10 Å². The first-order valence-electron chi connectivity index (χ1n) is 7.99. The minimum atomic E-state index is -1.26. The Bertz CT molecular complexity index is 1040. The lowest BCUT2D eigenvalue weighted by Crippen LogP contribution is -2.16. The number of aromatic nitrogens is 2. The predicted molar refractivity (Wildman–Crippen MR) is 90.7 cm³/mol. The zero-order valence-electron chi connectivity index (χ0n) is 14.2. The van der Waals surface area contributed by atoms with Gasteiger partial charge in [0.25, 0.3) is 11.8 Å². The molecule has 0 spiro atoms. The second kappa shape index (κ2) is 7.40. The Hall–Kier alpha value is -3.49. The van der Waals surface area contributed by atoms with Crippen molar-refractivity contribution in [3.63, 3.8) is 0 Å². The Morgan fingerprint density at radius 2 is 1.93 bits per heavy atom. The van der Waals surface area contributed by atoms with Crippen molar-refractivity contribution in [3.8, 4) is 11.4 Å². The number of carbonyl (C=O) groups is 1. The number of ether oxygens (including phenoxy) is 1. The molecule has 0 fully saturated rings. The maximum atomic E-state index is 14.1. The van der Waals surface area contributed by atoms with Crippen molar-refractivity contribution in [2.45, 2.75) is 20.0 Å². The fourth-order valence-electron chi connectivity index (χ4n) is 2.42. The van der Waals surface area contributed by atoms with Gasteiger partial charge in [0, 0.05) is 0 Å². The van der Waals surface area contributed by atoms with Gasteiger partial charge in [-0.1, -0.05) is 19.1 Å². The van der Waals surface area contributed by atoms with Crippen LogP contribution in [-0.2, 0) is 13.0 Å². The Labute approximate surface area is 152 Å². The summed E-state index contributed by atoms with van der Waals surface area (Å²) in [4.78, 5) is 23.1. The minimum Gasteiger partial charge on any atom is -0.481 e. The molecule has 0 atom stereocenters. The van der Waals surface area contributed by atoms with E-state index in [9.17, 15) is 18.4 Å². The summed E-state index contributed by atoms with van der Waals surface area (Å²) >= 11 is 0. The number of halogens is 2. The number of nitrogens with zero attached hydrogens (tertiary/aromatic N) is 2. The van der Waals surface area contributed by atoms with Crippen molar-refractivity contribution < 1.29 is 22.7 Å². The predicted octanol–water partition coefficient (Wildman–Crippen LogP) is 2.34. The average molecular weight is 375 g/mol. The van der Waals surface area contributed by atoms with E-state index in [1.54, 1.807) is 12.1 Å². The van der Waals surface area contributed by atoms with Crippen LogP contribution in [0.25, 0.3) is 5.69 Å². The van der Waals surface area contributed by atoms with Crippen molar-refractivity contribution in [1.29, 1.82) is 0 Å². The molecule has 0 bridgehead atoms. The van der Waals surface area contributed by atoms with Crippen molar-refractivity contribution >= 4 is 5.91 Å². The maximum absolute atomic E-state index is 14.1. The number of primary amides is 1. The summed E-state index contributed by atoms with van der Waals surface area (Å²) in [7, 11) is 0. The van der Waals surface area contributed by atoms with Gasteiger partial charge in [-0.25, -0.2) is 13.6 Å². The number of hydrogen-bond acceptors (Lipinski definition) is 5. The molecule has 9 heteroatoms. The van der Waals surface area contributed by atoms with Gasteiger partial charge in [0.1, 0.15) is 11.4 Å². The summed E-state index contributed by atoms with van der Waals surface area (Å²) in [6, 6.07) is 8.98. The first-order chi connectivity index (χ1) is 12.9. The number of hydrogen-bond donors (Lipinski definition) is 1. The van der Waals surface area contributed by atoms with Gasteiger partial charge >= 0.3 is 5.76 Å². The monoisotopic (exact) mass is 375 g/mol. The third-order valence-electron chi connectivity index (χ3n) is 3.83. The molecule has 27 heavy (non-hydrogen) atoms. The van der Waals surface area contributed by atoms with Gasteiger partial charge in [-0.05, 0) is 36.2 Å². The molecule has 140 valence electrons. The van der Waals surface area contributed by atoms with Crippen LogP contribution in [0.5, 0.6) is 5.75 Å². The molecule has 0 aliphatic heterocycles. The third-order valence-corrected chi connectivity index (χ3v) is 3.83. The summed E-state index contributed by atoms with van der Waals surface area (Å²) in [5.41, 5.74) is 5.63. The lowest BCUT2D eigenvalue weighted by molar-refractivity contribution is 0.0991. The molecule has 0 saturated heterocycles. The highest BCUT2D eigenvalue weighted by molar-refractivity contribution is 5.93. The van der Waals surface area contributed by atoms with Crippen molar-refractivity contribution in [1.82, 2.24) is 9.78 Å². The van der Waals surface area contributed by atoms with Gasteiger partial charge in [-0.3, -0.25) is 4.79 Å². The summed E-state index contributed by atoms with van der Waals surface area (Å²) in [6.07, 6.45) is 0.851. The average Bonchev–Trinajstić information content (AvgIpc) is 3.01. The molecular weight excluding hydrogens is 360 g/mol. The molecule has 3 aromatic rings. The van der Waals surface area contributed by atoms with Crippen molar-refractivity contribution in [2.24, 2.45) is 5.73 Å². The summed E-state index contributed by atoms with van der Waals surface area (Å²) in [5.74, 6) is -4.88. The number of amides is 1. The molecule has 1 heterocycles. The standard InChI is InChI=1S/C18H15F2N3O4/c1-2-10-3-5-11(6-4-10)23-18(25)27-14(22-23)9-26-13-8-7-12(19)15(16(13)20)17(21)24/h3-8H,2,9H2,1H3,(H2,21,24). The van der Waals surface area contributed by atoms with Crippen LogP contribution in [0.2, 0.25) is 0 Å². The summed E-state index contributed by atoms with van der Waals surface area (Å²) in [6.45, 7) is 1.60. The van der Waals surface area contributed by atoms with Crippen molar-refractivity contribution in [2.75, 3.05) is 0 Å². The molecule has 1 amide bonds. The SMILES string of the molecule is CCc1ccc(-n2nc(COc3ccc(F)c(C(N)=O)c3F)oc2=O)cc1. The van der Waals surface area contributed by atoms with E-state index in [1.807, 2.05) is 19.1 Å². The molecule has 0 radical (unpaired) electrons. The van der Waals surface area contributed by atoms with Crippen LogP contribution < -0.4 is 16.2 Å². The van der Waals surface area contributed by atoms with E-state index in [-0.39, 0.29) is 5.89 Å². The molecule has 2 aromatic carbocycles. The second-order valence-electron chi connectivity index (χ2n) is 5.58. The Kier molecular flexibility index (Phi) is 5.02. The Balaban J connectivity index is 1.81. The molecule has 2 N–H and O–H groups in total. The van der Waals surface area contributed by atoms with Crippen LogP contribution in [0.4, 0.5) is 8.78 Å². The maximum Gasteiger partial charge on any atom is 0.442 e. The minimum absolute atomic E-state index is 0.121. The molecule has 0 aliphatic rings. The first kappa shape index (κ1) is 18.3. The Morgan fingerprint density at radius 1 is 1.22 bits per heavy atom. The molecule has 7 nitrogen and oxygen atoms in total. The van der Waals surface area contributed by atoms with Crippen LogP contribution in [0.1, 0.15) is 28.7 Å². The van der Waals surface area contributed by atoms with E-state index >= 15 is 0 Å². The number of rotatable bonds is 6. The van der Waals surface area contributed by atoms with Crippen LogP contribution in [-0.4, -0.2) is 15.7 Å². The zero-order valence-corrected chi connectivity index (χ0v) is 14.2.